The molecule has 0 aromatic heterocycles. The van der Waals surface area contributed by atoms with Gasteiger partial charge < -0.3 is 9.26 Å². The molecule has 7 heteroatoms. The van der Waals surface area contributed by atoms with Gasteiger partial charge in [-0.3, -0.25) is 4.52 Å². The molecule has 21 heavy (non-hydrogen) atoms. The molecule has 1 N–H and O–H groups in total. The second kappa shape index (κ2) is 8.17. The summed E-state index contributed by atoms with van der Waals surface area (Å²) in [4.78, 5) is 12.0. The van der Waals surface area contributed by atoms with Crippen LogP contribution in [-0.2, 0) is 13.8 Å². The number of rotatable bonds is 8. The van der Waals surface area contributed by atoms with E-state index in [9.17, 15) is 9.36 Å². The molecule has 118 valence electrons. The number of carbonyl (C=O) groups is 1. The van der Waals surface area contributed by atoms with Gasteiger partial charge in [0.1, 0.15) is 11.3 Å². The minimum absolute atomic E-state index is 0.167. The summed E-state index contributed by atoms with van der Waals surface area (Å²) in [6.07, 6.45) is -0.252. The van der Waals surface area contributed by atoms with Crippen molar-refractivity contribution in [3.05, 3.63) is 29.8 Å². The third kappa shape index (κ3) is 5.50. The van der Waals surface area contributed by atoms with Crippen molar-refractivity contribution in [3.8, 4) is 5.75 Å². The van der Waals surface area contributed by atoms with Gasteiger partial charge in [-0.25, -0.2) is 14.4 Å². The molecule has 0 spiro atoms. The molecule has 0 bridgehead atoms. The van der Waals surface area contributed by atoms with Crippen molar-refractivity contribution in [2.75, 3.05) is 13.2 Å². The zero-order chi connectivity index (χ0) is 15.9. The van der Waals surface area contributed by atoms with Crippen LogP contribution in [0.3, 0.4) is 0 Å². The largest absolute Gasteiger partial charge is 0.459 e. The molecule has 0 fully saturated rings. The lowest BCUT2D eigenvalue weighted by Gasteiger charge is -2.20. The Morgan fingerprint density at radius 1 is 1.29 bits per heavy atom. The fourth-order valence-corrected chi connectivity index (χ4v) is 2.94. The van der Waals surface area contributed by atoms with Crippen LogP contribution in [-0.4, -0.2) is 25.2 Å². The maximum atomic E-state index is 12.5. The summed E-state index contributed by atoms with van der Waals surface area (Å²) in [6, 6.07) is 6.48. The summed E-state index contributed by atoms with van der Waals surface area (Å²) in [5.41, 5.74) is 0.212. The zero-order valence-corrected chi connectivity index (χ0v) is 13.7. The number of esters is 1. The van der Waals surface area contributed by atoms with Crippen LogP contribution in [0.5, 0.6) is 5.75 Å². The van der Waals surface area contributed by atoms with Crippen molar-refractivity contribution < 1.29 is 23.1 Å². The predicted octanol–water partition coefficient (Wildman–Crippen LogP) is 3.38. The van der Waals surface area contributed by atoms with Gasteiger partial charge in [-0.15, -0.1) is 0 Å². The molecule has 0 amide bonds. The van der Waals surface area contributed by atoms with Crippen molar-refractivity contribution in [1.29, 1.82) is 0 Å². The van der Waals surface area contributed by atoms with Crippen LogP contribution in [0, 0.1) is 0 Å². The molecule has 1 unspecified atom stereocenters. The van der Waals surface area contributed by atoms with Crippen molar-refractivity contribution in [3.63, 3.8) is 0 Å². The second-order valence-electron chi connectivity index (χ2n) is 4.47. The summed E-state index contributed by atoms with van der Waals surface area (Å²) in [6.45, 7) is 7.65. The Morgan fingerprint density at radius 2 is 1.95 bits per heavy atom. The van der Waals surface area contributed by atoms with Gasteiger partial charge in [0.05, 0.1) is 12.7 Å². The van der Waals surface area contributed by atoms with Gasteiger partial charge >= 0.3 is 13.7 Å². The third-order valence-corrected chi connectivity index (χ3v) is 4.06. The minimum atomic E-state index is -3.50. The molecule has 0 saturated heterocycles. The van der Waals surface area contributed by atoms with Crippen LogP contribution in [0.4, 0.5) is 0 Å². The lowest BCUT2D eigenvalue weighted by molar-refractivity contribution is 0.0376. The quantitative estimate of drug-likeness (QED) is 0.585. The van der Waals surface area contributed by atoms with Gasteiger partial charge in [-0.1, -0.05) is 19.1 Å². The number of nitrogens with one attached hydrogen (secondary N) is 1. The number of hydrogen-bond donors (Lipinski definition) is 1. The van der Waals surface area contributed by atoms with E-state index in [1.807, 2.05) is 0 Å². The smallest absolute Gasteiger partial charge is 0.458 e. The highest BCUT2D eigenvalue weighted by Crippen LogP contribution is 2.44. The molecule has 6 nitrogen and oxygen atoms in total. The Morgan fingerprint density at radius 3 is 2.52 bits per heavy atom. The number of ether oxygens (including phenoxy) is 1. The SMILES string of the molecule is CCNP(=O)(OCC)Oc1ccccc1C(=O)OC(C)C. The Labute approximate surface area is 125 Å². The average molecular weight is 315 g/mol. The number of hydrogen-bond acceptors (Lipinski definition) is 5. The molecular formula is C14H22NO5P. The highest BCUT2D eigenvalue weighted by Gasteiger charge is 2.27. The van der Waals surface area contributed by atoms with Gasteiger partial charge in [-0.2, -0.15) is 0 Å². The van der Waals surface area contributed by atoms with Gasteiger partial charge in [-0.05, 0) is 32.9 Å². The lowest BCUT2D eigenvalue weighted by atomic mass is 10.2. The van der Waals surface area contributed by atoms with E-state index < -0.39 is 13.7 Å². The first-order valence-corrected chi connectivity index (χ1v) is 8.45. The van der Waals surface area contributed by atoms with E-state index in [2.05, 4.69) is 5.09 Å². The van der Waals surface area contributed by atoms with E-state index in [1.54, 1.807) is 52.0 Å². The molecule has 1 atom stereocenters. The standard InChI is InChI=1S/C14H22NO5P/c1-5-15-21(17,18-6-2)20-13-10-8-7-9-12(13)14(16)19-11(3)4/h7-11H,5-6H2,1-4H3,(H,15,17). The summed E-state index contributed by atoms with van der Waals surface area (Å²) in [5, 5.41) is 2.67. The molecule has 0 saturated carbocycles. The molecule has 1 aromatic rings. The van der Waals surface area contributed by atoms with E-state index in [0.29, 0.717) is 6.54 Å². The molecule has 0 aliphatic rings. The zero-order valence-electron chi connectivity index (χ0n) is 12.8. The first kappa shape index (κ1) is 17.7. The van der Waals surface area contributed by atoms with E-state index in [0.717, 1.165) is 0 Å². The van der Waals surface area contributed by atoms with Crippen LogP contribution < -0.4 is 9.61 Å². The topological polar surface area (TPSA) is 73.9 Å². The maximum Gasteiger partial charge on any atom is 0.458 e. The lowest BCUT2D eigenvalue weighted by Crippen LogP contribution is -2.18. The maximum absolute atomic E-state index is 12.5. The summed E-state index contributed by atoms with van der Waals surface area (Å²) < 4.78 is 28.2. The summed E-state index contributed by atoms with van der Waals surface area (Å²) >= 11 is 0. The van der Waals surface area contributed by atoms with Crippen molar-refractivity contribution in [1.82, 2.24) is 5.09 Å². The van der Waals surface area contributed by atoms with E-state index >= 15 is 0 Å². The van der Waals surface area contributed by atoms with Crippen LogP contribution in [0.25, 0.3) is 0 Å². The van der Waals surface area contributed by atoms with E-state index in [1.165, 1.54) is 0 Å². The van der Waals surface area contributed by atoms with Crippen LogP contribution in [0.15, 0.2) is 24.3 Å². The normalized spacial score (nSPS) is 13.8. The number of para-hydroxylation sites is 1. The highest BCUT2D eigenvalue weighted by atomic mass is 31.2. The molecular weight excluding hydrogens is 293 g/mol. The fourth-order valence-electron chi connectivity index (χ4n) is 1.59. The Balaban J connectivity index is 3.02. The highest BCUT2D eigenvalue weighted by molar-refractivity contribution is 7.52. The van der Waals surface area contributed by atoms with Crippen LogP contribution in [0.2, 0.25) is 0 Å². The minimum Gasteiger partial charge on any atom is -0.459 e. The molecule has 1 aromatic carbocycles. The van der Waals surface area contributed by atoms with E-state index in [4.69, 9.17) is 13.8 Å². The Kier molecular flexibility index (Phi) is 6.89. The molecule has 0 aliphatic heterocycles. The average Bonchev–Trinajstić information content (AvgIpc) is 2.38. The Bertz CT molecular complexity index is 508. The van der Waals surface area contributed by atoms with Gasteiger partial charge in [0.2, 0.25) is 0 Å². The van der Waals surface area contributed by atoms with Crippen LogP contribution >= 0.6 is 7.75 Å². The second-order valence-corrected chi connectivity index (χ2v) is 6.22. The van der Waals surface area contributed by atoms with Crippen LogP contribution in [0.1, 0.15) is 38.1 Å². The summed E-state index contributed by atoms with van der Waals surface area (Å²) in [7, 11) is -3.50. The molecule has 0 aliphatic carbocycles. The summed E-state index contributed by atoms with van der Waals surface area (Å²) in [5.74, 6) is -0.360. The Hall–Kier alpha value is -1.36. The number of benzene rings is 1. The first-order chi connectivity index (χ1) is 9.91. The molecule has 0 radical (unpaired) electrons. The van der Waals surface area contributed by atoms with Crippen molar-refractivity contribution in [2.45, 2.75) is 33.8 Å². The third-order valence-electron chi connectivity index (χ3n) is 2.32. The molecule has 1 rings (SSSR count). The van der Waals surface area contributed by atoms with Gasteiger partial charge in [0.25, 0.3) is 0 Å². The number of carbonyl (C=O) groups excluding carboxylic acids is 1. The van der Waals surface area contributed by atoms with Gasteiger partial charge in [0, 0.05) is 6.54 Å². The fraction of sp³-hybridized carbons (Fsp3) is 0.500. The monoisotopic (exact) mass is 315 g/mol. The predicted molar refractivity (Wildman–Crippen MR) is 80.5 cm³/mol. The molecule has 0 heterocycles. The van der Waals surface area contributed by atoms with Gasteiger partial charge in [0.15, 0.2) is 0 Å². The first-order valence-electron chi connectivity index (χ1n) is 6.91. The van der Waals surface area contributed by atoms with E-state index in [-0.39, 0.29) is 24.0 Å². The van der Waals surface area contributed by atoms with Crippen molar-refractivity contribution >= 4 is 13.7 Å². The van der Waals surface area contributed by atoms with Crippen molar-refractivity contribution in [2.24, 2.45) is 0 Å².